The molecule has 2 unspecified atom stereocenters. The van der Waals surface area contributed by atoms with E-state index >= 15 is 0 Å². The van der Waals surface area contributed by atoms with Crippen molar-refractivity contribution in [1.82, 2.24) is 0 Å². The van der Waals surface area contributed by atoms with Gasteiger partial charge in [0.25, 0.3) is 0 Å². The van der Waals surface area contributed by atoms with Gasteiger partial charge in [0.15, 0.2) is 0 Å². The van der Waals surface area contributed by atoms with Crippen molar-refractivity contribution in [2.45, 2.75) is 44.4 Å². The second kappa shape index (κ2) is 5.06. The van der Waals surface area contributed by atoms with E-state index in [-0.39, 0.29) is 10.8 Å². The first kappa shape index (κ1) is 15.5. The van der Waals surface area contributed by atoms with Crippen molar-refractivity contribution >= 4 is 28.1 Å². The number of phenolic OH excluding ortho intramolecular Hbond substituents is 1. The van der Waals surface area contributed by atoms with Gasteiger partial charge in [-0.2, -0.15) is 0 Å². The largest absolute Gasteiger partial charge is 0.507 e. The Balaban J connectivity index is 2.35. The minimum atomic E-state index is 0.0646. The maximum atomic E-state index is 10.4. The Morgan fingerprint density at radius 3 is 2.50 bits per heavy atom. The van der Waals surface area contributed by atoms with Gasteiger partial charge in [-0.3, -0.25) is 0 Å². The summed E-state index contributed by atoms with van der Waals surface area (Å²) in [4.78, 5) is 2.20. The maximum Gasteiger partial charge on any atom is 0.125 e. The number of likely N-dealkylation sites (N-methyl/N-ethyl adjacent to an activating group) is 1. The van der Waals surface area contributed by atoms with E-state index in [9.17, 15) is 5.11 Å². The van der Waals surface area contributed by atoms with Crippen molar-refractivity contribution in [3.05, 3.63) is 35.4 Å². The average molecular weight is 318 g/mol. The number of anilines is 1. The molecule has 3 heteroatoms. The molecule has 1 aliphatic heterocycles. The van der Waals surface area contributed by atoms with E-state index in [4.69, 9.17) is 11.6 Å². The van der Waals surface area contributed by atoms with Crippen molar-refractivity contribution in [2.24, 2.45) is 0 Å². The highest BCUT2D eigenvalue weighted by Crippen LogP contribution is 2.47. The van der Waals surface area contributed by atoms with Crippen molar-refractivity contribution in [1.29, 1.82) is 0 Å². The summed E-state index contributed by atoms with van der Waals surface area (Å²) in [6.45, 7) is 9.60. The van der Waals surface area contributed by atoms with E-state index in [0.717, 1.165) is 23.0 Å². The third kappa shape index (κ3) is 2.34. The van der Waals surface area contributed by atoms with E-state index < -0.39 is 0 Å². The first-order valence-electron chi connectivity index (χ1n) is 7.85. The summed E-state index contributed by atoms with van der Waals surface area (Å²) in [6, 6.07) is 8.28. The van der Waals surface area contributed by atoms with Crippen molar-refractivity contribution in [3.63, 3.8) is 0 Å². The third-order valence-corrected chi connectivity index (χ3v) is 5.11. The predicted molar refractivity (Wildman–Crippen MR) is 95.6 cm³/mol. The van der Waals surface area contributed by atoms with Gasteiger partial charge in [-0.25, -0.2) is 0 Å². The summed E-state index contributed by atoms with van der Waals surface area (Å²) in [5, 5.41) is 12.5. The molecule has 22 heavy (non-hydrogen) atoms. The summed E-state index contributed by atoms with van der Waals surface area (Å²) in [5.41, 5.74) is 3.75. The molecule has 0 aromatic heterocycles. The van der Waals surface area contributed by atoms with Crippen LogP contribution in [0, 0.1) is 0 Å². The number of benzene rings is 2. The van der Waals surface area contributed by atoms with Gasteiger partial charge in [-0.05, 0) is 28.9 Å². The van der Waals surface area contributed by atoms with E-state index in [2.05, 4.69) is 51.8 Å². The number of alkyl halides is 1. The lowest BCUT2D eigenvalue weighted by molar-refractivity contribution is 0.481. The van der Waals surface area contributed by atoms with Crippen LogP contribution in [0.5, 0.6) is 5.75 Å². The molecule has 118 valence electrons. The van der Waals surface area contributed by atoms with Gasteiger partial charge in [-0.1, -0.05) is 39.0 Å². The summed E-state index contributed by atoms with van der Waals surface area (Å²) in [7, 11) is 2.07. The SMILES string of the molecule is CC(Cl)C1CN(C)c2cc(O)c3ccc(C(C)(C)C)cc3c21. The number of hydrogen-bond acceptors (Lipinski definition) is 2. The molecular formula is C19H24ClNO. The molecule has 1 N–H and O–H groups in total. The number of nitrogens with zero attached hydrogens (tertiary/aromatic N) is 1. The van der Waals surface area contributed by atoms with Gasteiger partial charge in [0.05, 0.1) is 0 Å². The van der Waals surface area contributed by atoms with Gasteiger partial charge < -0.3 is 10.0 Å². The summed E-state index contributed by atoms with van der Waals surface area (Å²) in [6.07, 6.45) is 0. The van der Waals surface area contributed by atoms with Crippen LogP contribution in [0.4, 0.5) is 5.69 Å². The molecule has 2 atom stereocenters. The van der Waals surface area contributed by atoms with Crippen LogP contribution in [0.15, 0.2) is 24.3 Å². The highest BCUT2D eigenvalue weighted by Gasteiger charge is 2.32. The zero-order valence-corrected chi connectivity index (χ0v) is 14.7. The Bertz CT molecular complexity index is 730. The normalized spacial score (nSPS) is 19.5. The van der Waals surface area contributed by atoms with Gasteiger partial charge in [0.2, 0.25) is 0 Å². The van der Waals surface area contributed by atoms with Crippen LogP contribution in [0.2, 0.25) is 0 Å². The molecule has 0 fully saturated rings. The lowest BCUT2D eigenvalue weighted by Crippen LogP contribution is -2.19. The number of phenols is 1. The Morgan fingerprint density at radius 2 is 1.91 bits per heavy atom. The molecule has 2 nitrogen and oxygen atoms in total. The van der Waals surface area contributed by atoms with Crippen LogP contribution in [0.1, 0.15) is 44.7 Å². The Labute approximate surface area is 137 Å². The summed E-state index contributed by atoms with van der Waals surface area (Å²) < 4.78 is 0. The Morgan fingerprint density at radius 1 is 1.23 bits per heavy atom. The minimum Gasteiger partial charge on any atom is -0.507 e. The van der Waals surface area contributed by atoms with Crippen LogP contribution in [-0.4, -0.2) is 24.1 Å². The predicted octanol–water partition coefficient (Wildman–Crippen LogP) is 5.00. The van der Waals surface area contributed by atoms with Gasteiger partial charge >= 0.3 is 0 Å². The molecule has 1 heterocycles. The van der Waals surface area contributed by atoms with Crippen molar-refractivity contribution in [2.75, 3.05) is 18.5 Å². The van der Waals surface area contributed by atoms with E-state index in [1.165, 1.54) is 11.1 Å². The van der Waals surface area contributed by atoms with Crippen LogP contribution in [0.3, 0.4) is 0 Å². The van der Waals surface area contributed by atoms with Gasteiger partial charge in [0.1, 0.15) is 5.75 Å². The standard InChI is InChI=1S/C19H24ClNO/c1-11(20)15-10-21(5)16-9-17(22)13-7-6-12(19(2,3)4)8-14(13)18(15)16/h6-9,11,15,22H,10H2,1-5H3. The van der Waals surface area contributed by atoms with Gasteiger partial charge in [-0.15, -0.1) is 11.6 Å². The van der Waals surface area contributed by atoms with Crippen molar-refractivity contribution < 1.29 is 5.11 Å². The van der Waals surface area contributed by atoms with Crippen molar-refractivity contribution in [3.8, 4) is 5.75 Å². The Hall–Kier alpha value is -1.41. The molecule has 0 radical (unpaired) electrons. The molecule has 0 saturated carbocycles. The fourth-order valence-corrected chi connectivity index (χ4v) is 3.65. The zero-order valence-electron chi connectivity index (χ0n) is 13.9. The minimum absolute atomic E-state index is 0.0646. The quantitative estimate of drug-likeness (QED) is 0.748. The lowest BCUT2D eigenvalue weighted by atomic mass is 9.84. The fraction of sp³-hybridized carbons (Fsp3) is 0.474. The van der Waals surface area contributed by atoms with E-state index in [0.29, 0.717) is 11.7 Å². The highest BCUT2D eigenvalue weighted by atomic mass is 35.5. The molecule has 0 amide bonds. The first-order valence-corrected chi connectivity index (χ1v) is 8.29. The molecule has 0 spiro atoms. The first-order chi connectivity index (χ1) is 10.2. The molecular weight excluding hydrogens is 294 g/mol. The molecule has 0 bridgehead atoms. The second-order valence-corrected chi connectivity index (χ2v) is 8.19. The number of rotatable bonds is 1. The fourth-order valence-electron chi connectivity index (χ4n) is 3.45. The molecule has 1 aliphatic rings. The molecule has 3 rings (SSSR count). The lowest BCUT2D eigenvalue weighted by Gasteiger charge is -2.22. The molecule has 0 aliphatic carbocycles. The smallest absolute Gasteiger partial charge is 0.125 e. The zero-order chi connectivity index (χ0) is 16.2. The highest BCUT2D eigenvalue weighted by molar-refractivity contribution is 6.21. The monoisotopic (exact) mass is 317 g/mol. The van der Waals surface area contributed by atoms with E-state index in [1.54, 1.807) is 0 Å². The molecule has 2 aromatic carbocycles. The number of fused-ring (bicyclic) bond motifs is 3. The maximum absolute atomic E-state index is 10.4. The van der Waals surface area contributed by atoms with E-state index in [1.807, 2.05) is 12.1 Å². The summed E-state index contributed by atoms with van der Waals surface area (Å²) >= 11 is 6.46. The van der Waals surface area contributed by atoms with Crippen LogP contribution in [0.25, 0.3) is 10.8 Å². The molecule has 2 aromatic rings. The third-order valence-electron chi connectivity index (χ3n) is 4.81. The van der Waals surface area contributed by atoms with Gasteiger partial charge in [0, 0.05) is 42.0 Å². The summed E-state index contributed by atoms with van der Waals surface area (Å²) in [5.74, 6) is 0.643. The Kier molecular flexibility index (Phi) is 3.56. The van der Waals surface area contributed by atoms with Crippen LogP contribution in [-0.2, 0) is 5.41 Å². The average Bonchev–Trinajstić information content (AvgIpc) is 2.75. The molecule has 0 saturated heterocycles. The topological polar surface area (TPSA) is 23.5 Å². The van der Waals surface area contributed by atoms with Crippen LogP contribution < -0.4 is 4.90 Å². The number of hydrogen-bond donors (Lipinski definition) is 1. The number of aromatic hydroxyl groups is 1. The number of halogens is 1. The van der Waals surface area contributed by atoms with Crippen LogP contribution >= 0.6 is 11.6 Å². The second-order valence-electron chi connectivity index (χ2n) is 7.50.